The SMILES string of the molecule is Cc1ccc([S@@](=O)CC(=O)N[C@H](c2ccc(F)cc2)C(C)C)nc1. The second kappa shape index (κ2) is 8.15. The average Bonchev–Trinajstić information content (AvgIpc) is 2.54. The van der Waals surface area contributed by atoms with Crippen molar-refractivity contribution in [3.8, 4) is 0 Å². The normalized spacial score (nSPS) is 13.5. The molecule has 0 aliphatic heterocycles. The van der Waals surface area contributed by atoms with E-state index in [0.717, 1.165) is 11.1 Å². The Kier molecular flexibility index (Phi) is 6.20. The van der Waals surface area contributed by atoms with E-state index >= 15 is 0 Å². The number of hydrogen-bond acceptors (Lipinski definition) is 3. The number of carbonyl (C=O) groups is 1. The van der Waals surface area contributed by atoms with Crippen molar-refractivity contribution in [1.29, 1.82) is 0 Å². The van der Waals surface area contributed by atoms with Crippen molar-refractivity contribution in [3.05, 3.63) is 59.5 Å². The number of nitrogens with one attached hydrogen (secondary N) is 1. The number of halogens is 1. The number of hydrogen-bond donors (Lipinski definition) is 1. The number of amides is 1. The van der Waals surface area contributed by atoms with Gasteiger partial charge in [-0.05, 0) is 42.2 Å². The van der Waals surface area contributed by atoms with Gasteiger partial charge in [-0.25, -0.2) is 9.37 Å². The molecule has 0 aliphatic carbocycles. The fourth-order valence-electron chi connectivity index (χ4n) is 2.30. The van der Waals surface area contributed by atoms with E-state index in [9.17, 15) is 13.4 Å². The van der Waals surface area contributed by atoms with Crippen LogP contribution in [0, 0.1) is 18.7 Å². The lowest BCUT2D eigenvalue weighted by molar-refractivity contribution is -0.119. The molecule has 2 atom stereocenters. The summed E-state index contributed by atoms with van der Waals surface area (Å²) in [6.45, 7) is 5.82. The van der Waals surface area contributed by atoms with Crippen LogP contribution in [0.1, 0.15) is 31.0 Å². The fraction of sp³-hybridized carbons (Fsp3) is 0.333. The van der Waals surface area contributed by atoms with Gasteiger partial charge in [0.05, 0.1) is 16.8 Å². The first-order chi connectivity index (χ1) is 11.4. The number of benzene rings is 1. The molecule has 0 fully saturated rings. The van der Waals surface area contributed by atoms with Crippen LogP contribution in [0.5, 0.6) is 0 Å². The molecule has 24 heavy (non-hydrogen) atoms. The van der Waals surface area contributed by atoms with Gasteiger partial charge in [-0.15, -0.1) is 0 Å². The van der Waals surface area contributed by atoms with Gasteiger partial charge in [0.1, 0.15) is 16.6 Å². The van der Waals surface area contributed by atoms with Crippen LogP contribution < -0.4 is 5.32 Å². The standard InChI is InChI=1S/C18H21FN2O2S/c1-12(2)18(14-5-7-15(19)8-6-14)21-16(22)11-24(23)17-9-4-13(3)10-20-17/h4-10,12,18H,11H2,1-3H3,(H,21,22)/t18-,24-/m0/s1. The maximum atomic E-state index is 13.1. The molecular weight excluding hydrogens is 327 g/mol. The lowest BCUT2D eigenvalue weighted by atomic mass is 9.96. The predicted octanol–water partition coefficient (Wildman–Crippen LogP) is 3.15. The summed E-state index contributed by atoms with van der Waals surface area (Å²) in [5, 5.41) is 3.27. The zero-order valence-electron chi connectivity index (χ0n) is 14.0. The first-order valence-electron chi connectivity index (χ1n) is 7.72. The third-order valence-electron chi connectivity index (χ3n) is 3.59. The lowest BCUT2D eigenvalue weighted by Gasteiger charge is -2.23. The fourth-order valence-corrected chi connectivity index (χ4v) is 3.16. The maximum absolute atomic E-state index is 13.1. The zero-order valence-corrected chi connectivity index (χ0v) is 14.8. The van der Waals surface area contributed by atoms with Crippen LogP contribution in [-0.2, 0) is 15.6 Å². The molecule has 0 aliphatic rings. The predicted molar refractivity (Wildman–Crippen MR) is 92.4 cm³/mol. The molecule has 0 spiro atoms. The maximum Gasteiger partial charge on any atom is 0.233 e. The minimum Gasteiger partial charge on any atom is -0.348 e. The van der Waals surface area contributed by atoms with Gasteiger partial charge in [0.2, 0.25) is 5.91 Å². The molecule has 0 saturated heterocycles. The highest BCUT2D eigenvalue weighted by molar-refractivity contribution is 7.85. The molecule has 0 unspecified atom stereocenters. The smallest absolute Gasteiger partial charge is 0.233 e. The van der Waals surface area contributed by atoms with Gasteiger partial charge in [0.25, 0.3) is 0 Å². The molecule has 0 saturated carbocycles. The highest BCUT2D eigenvalue weighted by atomic mass is 32.2. The summed E-state index contributed by atoms with van der Waals surface area (Å²) in [6.07, 6.45) is 1.63. The second-order valence-corrected chi connectivity index (χ2v) is 7.40. The minimum atomic E-state index is -1.49. The van der Waals surface area contributed by atoms with Gasteiger partial charge in [-0.3, -0.25) is 9.00 Å². The number of aromatic nitrogens is 1. The van der Waals surface area contributed by atoms with E-state index in [0.29, 0.717) is 5.03 Å². The molecule has 6 heteroatoms. The average molecular weight is 348 g/mol. The van der Waals surface area contributed by atoms with Crippen molar-refractivity contribution in [2.75, 3.05) is 5.75 Å². The van der Waals surface area contributed by atoms with E-state index in [1.165, 1.54) is 12.1 Å². The van der Waals surface area contributed by atoms with Crippen molar-refractivity contribution < 1.29 is 13.4 Å². The number of aryl methyl sites for hydroxylation is 1. The van der Waals surface area contributed by atoms with E-state index in [-0.39, 0.29) is 29.4 Å². The largest absolute Gasteiger partial charge is 0.348 e. The van der Waals surface area contributed by atoms with Crippen molar-refractivity contribution in [2.45, 2.75) is 31.8 Å². The second-order valence-electron chi connectivity index (χ2n) is 6.00. The van der Waals surface area contributed by atoms with Gasteiger partial charge < -0.3 is 5.32 Å². The number of rotatable bonds is 6. The lowest BCUT2D eigenvalue weighted by Crippen LogP contribution is -2.34. The molecular formula is C18H21FN2O2S. The molecule has 1 aromatic carbocycles. The quantitative estimate of drug-likeness (QED) is 0.872. The number of carbonyl (C=O) groups excluding carboxylic acids is 1. The first kappa shape index (κ1) is 18.3. The van der Waals surface area contributed by atoms with Gasteiger partial charge in [-0.1, -0.05) is 32.0 Å². The summed E-state index contributed by atoms with van der Waals surface area (Å²) < 4.78 is 25.3. The molecule has 4 nitrogen and oxygen atoms in total. The van der Waals surface area contributed by atoms with Crippen molar-refractivity contribution >= 4 is 16.7 Å². The number of nitrogens with zero attached hydrogens (tertiary/aromatic N) is 1. The third-order valence-corrected chi connectivity index (χ3v) is 4.82. The van der Waals surface area contributed by atoms with E-state index in [1.807, 2.05) is 26.8 Å². The summed E-state index contributed by atoms with van der Waals surface area (Å²) >= 11 is 0. The molecule has 1 aromatic heterocycles. The summed E-state index contributed by atoms with van der Waals surface area (Å²) in [7, 11) is -1.49. The van der Waals surface area contributed by atoms with Gasteiger partial charge in [0.15, 0.2) is 0 Å². The summed E-state index contributed by atoms with van der Waals surface area (Å²) in [5.41, 5.74) is 1.79. The first-order valence-corrected chi connectivity index (χ1v) is 9.04. The van der Waals surface area contributed by atoms with Crippen LogP contribution in [0.25, 0.3) is 0 Å². The topological polar surface area (TPSA) is 59.1 Å². The Bertz CT molecular complexity index is 715. The minimum absolute atomic E-state index is 0.116. The van der Waals surface area contributed by atoms with E-state index in [1.54, 1.807) is 24.4 Å². The van der Waals surface area contributed by atoms with Gasteiger partial charge in [-0.2, -0.15) is 0 Å². The molecule has 1 N–H and O–H groups in total. The van der Waals surface area contributed by atoms with Crippen molar-refractivity contribution in [1.82, 2.24) is 10.3 Å². The molecule has 2 aromatic rings. The third kappa shape index (κ3) is 4.96. The van der Waals surface area contributed by atoms with Crippen LogP contribution in [0.2, 0.25) is 0 Å². The van der Waals surface area contributed by atoms with Crippen LogP contribution in [0.4, 0.5) is 4.39 Å². The molecule has 2 rings (SSSR count). The summed E-state index contributed by atoms with van der Waals surface area (Å²) in [6, 6.07) is 9.25. The molecule has 1 amide bonds. The summed E-state index contributed by atoms with van der Waals surface area (Å²) in [4.78, 5) is 16.3. The zero-order chi connectivity index (χ0) is 17.7. The Morgan fingerprint density at radius 1 is 1.21 bits per heavy atom. The Balaban J connectivity index is 2.04. The molecule has 0 bridgehead atoms. The van der Waals surface area contributed by atoms with Gasteiger partial charge >= 0.3 is 0 Å². The Labute approximate surface area is 144 Å². The van der Waals surface area contributed by atoms with Crippen LogP contribution >= 0.6 is 0 Å². The number of pyridine rings is 1. The highest BCUT2D eigenvalue weighted by Crippen LogP contribution is 2.22. The molecule has 1 heterocycles. The van der Waals surface area contributed by atoms with Gasteiger partial charge in [0, 0.05) is 6.20 Å². The van der Waals surface area contributed by atoms with E-state index in [2.05, 4.69) is 10.3 Å². The Morgan fingerprint density at radius 3 is 2.42 bits per heavy atom. The molecule has 0 radical (unpaired) electrons. The van der Waals surface area contributed by atoms with E-state index in [4.69, 9.17) is 0 Å². The van der Waals surface area contributed by atoms with Crippen molar-refractivity contribution in [2.24, 2.45) is 5.92 Å². The van der Waals surface area contributed by atoms with Crippen LogP contribution in [0.15, 0.2) is 47.6 Å². The van der Waals surface area contributed by atoms with Crippen LogP contribution in [-0.4, -0.2) is 20.9 Å². The van der Waals surface area contributed by atoms with Crippen molar-refractivity contribution in [3.63, 3.8) is 0 Å². The highest BCUT2D eigenvalue weighted by Gasteiger charge is 2.20. The van der Waals surface area contributed by atoms with Crippen LogP contribution in [0.3, 0.4) is 0 Å². The monoisotopic (exact) mass is 348 g/mol. The summed E-state index contributed by atoms with van der Waals surface area (Å²) in [5.74, 6) is -0.677. The molecule has 128 valence electrons. The Morgan fingerprint density at radius 2 is 1.88 bits per heavy atom. The Hall–Kier alpha value is -2.08. The van der Waals surface area contributed by atoms with E-state index < -0.39 is 10.8 Å².